The standard InChI is InChI=1S/C14H20ClNO3/c1-10(16)9-11-5-3-6-12(15)14(11)19-8-4-7-13(17)18-2/h3,5-6,10H,4,7-9,16H2,1-2H3. The lowest BCUT2D eigenvalue weighted by atomic mass is 10.1. The molecule has 4 nitrogen and oxygen atoms in total. The fourth-order valence-corrected chi connectivity index (χ4v) is 1.96. The molecule has 0 aromatic heterocycles. The number of para-hydroxylation sites is 1. The van der Waals surface area contributed by atoms with E-state index in [1.54, 1.807) is 6.07 Å². The first-order valence-corrected chi connectivity index (χ1v) is 6.65. The molecule has 0 bridgehead atoms. The number of benzene rings is 1. The van der Waals surface area contributed by atoms with Crippen molar-refractivity contribution < 1.29 is 14.3 Å². The molecule has 0 aliphatic heterocycles. The molecular formula is C14H20ClNO3. The number of carbonyl (C=O) groups excluding carboxylic acids is 1. The number of methoxy groups -OCH3 is 1. The van der Waals surface area contributed by atoms with Crippen LogP contribution in [0.5, 0.6) is 5.75 Å². The van der Waals surface area contributed by atoms with Crippen molar-refractivity contribution in [3.05, 3.63) is 28.8 Å². The van der Waals surface area contributed by atoms with E-state index >= 15 is 0 Å². The van der Waals surface area contributed by atoms with Crippen molar-refractivity contribution in [2.24, 2.45) is 5.73 Å². The summed E-state index contributed by atoms with van der Waals surface area (Å²) in [5.74, 6) is 0.421. The minimum absolute atomic E-state index is 0.0379. The number of ether oxygens (including phenoxy) is 2. The van der Waals surface area contributed by atoms with E-state index in [1.807, 2.05) is 19.1 Å². The maximum Gasteiger partial charge on any atom is 0.305 e. The van der Waals surface area contributed by atoms with Crippen molar-refractivity contribution in [1.82, 2.24) is 0 Å². The lowest BCUT2D eigenvalue weighted by Crippen LogP contribution is -2.18. The van der Waals surface area contributed by atoms with Gasteiger partial charge in [0.25, 0.3) is 0 Å². The number of hydrogen-bond donors (Lipinski definition) is 1. The van der Waals surface area contributed by atoms with Gasteiger partial charge in [-0.2, -0.15) is 0 Å². The van der Waals surface area contributed by atoms with E-state index in [0.717, 1.165) is 5.56 Å². The van der Waals surface area contributed by atoms with Gasteiger partial charge < -0.3 is 15.2 Å². The number of halogens is 1. The Morgan fingerprint density at radius 1 is 1.47 bits per heavy atom. The minimum Gasteiger partial charge on any atom is -0.492 e. The second-order valence-electron chi connectivity index (χ2n) is 4.44. The van der Waals surface area contributed by atoms with Crippen LogP contribution in [0.1, 0.15) is 25.3 Å². The predicted octanol–water partition coefficient (Wildman–Crippen LogP) is 2.56. The SMILES string of the molecule is COC(=O)CCCOc1c(Cl)cccc1CC(C)N. The van der Waals surface area contributed by atoms with Gasteiger partial charge in [-0.25, -0.2) is 0 Å². The molecule has 1 aromatic rings. The average Bonchev–Trinajstić information content (AvgIpc) is 2.36. The summed E-state index contributed by atoms with van der Waals surface area (Å²) in [6.45, 7) is 2.35. The van der Waals surface area contributed by atoms with E-state index in [4.69, 9.17) is 22.1 Å². The zero-order chi connectivity index (χ0) is 14.3. The highest BCUT2D eigenvalue weighted by Crippen LogP contribution is 2.29. The molecule has 0 saturated carbocycles. The molecule has 0 amide bonds. The van der Waals surface area contributed by atoms with Crippen LogP contribution < -0.4 is 10.5 Å². The Labute approximate surface area is 118 Å². The first kappa shape index (κ1) is 15.8. The first-order valence-electron chi connectivity index (χ1n) is 6.27. The van der Waals surface area contributed by atoms with Crippen LogP contribution >= 0.6 is 11.6 Å². The summed E-state index contributed by atoms with van der Waals surface area (Å²) in [5, 5.41) is 0.566. The van der Waals surface area contributed by atoms with E-state index < -0.39 is 0 Å². The minimum atomic E-state index is -0.237. The Bertz CT molecular complexity index is 421. The summed E-state index contributed by atoms with van der Waals surface area (Å²) in [6, 6.07) is 5.64. The summed E-state index contributed by atoms with van der Waals surface area (Å²) >= 11 is 6.12. The van der Waals surface area contributed by atoms with Gasteiger partial charge in [0.15, 0.2) is 0 Å². The van der Waals surface area contributed by atoms with Crippen molar-refractivity contribution >= 4 is 17.6 Å². The fraction of sp³-hybridized carbons (Fsp3) is 0.500. The number of hydrogen-bond acceptors (Lipinski definition) is 4. The van der Waals surface area contributed by atoms with Crippen LogP contribution in [-0.2, 0) is 16.0 Å². The van der Waals surface area contributed by atoms with E-state index in [-0.39, 0.29) is 12.0 Å². The normalized spacial score (nSPS) is 12.0. The van der Waals surface area contributed by atoms with Gasteiger partial charge in [-0.05, 0) is 31.4 Å². The molecule has 0 saturated heterocycles. The van der Waals surface area contributed by atoms with Crippen molar-refractivity contribution in [3.8, 4) is 5.75 Å². The first-order chi connectivity index (χ1) is 9.04. The van der Waals surface area contributed by atoms with Crippen LogP contribution in [0.25, 0.3) is 0 Å². The molecule has 19 heavy (non-hydrogen) atoms. The van der Waals surface area contributed by atoms with Crippen LogP contribution in [0.4, 0.5) is 0 Å². The third-order valence-corrected chi connectivity index (χ3v) is 2.89. The molecule has 2 N–H and O–H groups in total. The van der Waals surface area contributed by atoms with Gasteiger partial charge in [-0.3, -0.25) is 4.79 Å². The molecule has 0 fully saturated rings. The monoisotopic (exact) mass is 285 g/mol. The second kappa shape index (κ2) is 8.02. The van der Waals surface area contributed by atoms with Crippen molar-refractivity contribution in [2.45, 2.75) is 32.2 Å². The van der Waals surface area contributed by atoms with Gasteiger partial charge in [0.2, 0.25) is 0 Å². The van der Waals surface area contributed by atoms with Gasteiger partial charge in [0.1, 0.15) is 5.75 Å². The smallest absolute Gasteiger partial charge is 0.305 e. The maximum atomic E-state index is 11.0. The molecular weight excluding hydrogens is 266 g/mol. The molecule has 106 valence electrons. The molecule has 1 atom stereocenters. The topological polar surface area (TPSA) is 61.5 Å². The molecule has 0 aliphatic carbocycles. The molecule has 0 aliphatic rings. The molecule has 0 heterocycles. The third kappa shape index (κ3) is 5.49. The zero-order valence-electron chi connectivity index (χ0n) is 11.3. The molecule has 1 aromatic carbocycles. The summed E-state index contributed by atoms with van der Waals surface area (Å²) in [7, 11) is 1.37. The van der Waals surface area contributed by atoms with Crippen molar-refractivity contribution in [3.63, 3.8) is 0 Å². The predicted molar refractivity (Wildman–Crippen MR) is 75.6 cm³/mol. The Hall–Kier alpha value is -1.26. The van der Waals surface area contributed by atoms with Crippen LogP contribution in [-0.4, -0.2) is 25.7 Å². The van der Waals surface area contributed by atoms with Gasteiger partial charge in [0, 0.05) is 12.5 Å². The van der Waals surface area contributed by atoms with E-state index in [9.17, 15) is 4.79 Å². The van der Waals surface area contributed by atoms with E-state index in [2.05, 4.69) is 4.74 Å². The highest BCUT2D eigenvalue weighted by molar-refractivity contribution is 6.32. The van der Waals surface area contributed by atoms with Crippen molar-refractivity contribution in [1.29, 1.82) is 0 Å². The highest BCUT2D eigenvalue weighted by Gasteiger charge is 2.10. The number of rotatable bonds is 7. The summed E-state index contributed by atoms with van der Waals surface area (Å²) in [5.41, 5.74) is 6.78. The summed E-state index contributed by atoms with van der Waals surface area (Å²) in [6.07, 6.45) is 1.63. The lowest BCUT2D eigenvalue weighted by Gasteiger charge is -2.14. The maximum absolute atomic E-state index is 11.0. The fourth-order valence-electron chi connectivity index (χ4n) is 1.72. The third-order valence-electron chi connectivity index (χ3n) is 2.59. The Balaban J connectivity index is 2.58. The molecule has 5 heteroatoms. The van der Waals surface area contributed by atoms with Gasteiger partial charge in [-0.15, -0.1) is 0 Å². The molecule has 0 radical (unpaired) electrons. The van der Waals surface area contributed by atoms with Gasteiger partial charge in [-0.1, -0.05) is 23.7 Å². The largest absolute Gasteiger partial charge is 0.492 e. The van der Waals surface area contributed by atoms with Gasteiger partial charge in [0.05, 0.1) is 18.7 Å². The average molecular weight is 286 g/mol. The summed E-state index contributed by atoms with van der Waals surface area (Å²) in [4.78, 5) is 11.0. The van der Waals surface area contributed by atoms with E-state index in [1.165, 1.54) is 7.11 Å². The molecule has 1 rings (SSSR count). The van der Waals surface area contributed by atoms with Crippen molar-refractivity contribution in [2.75, 3.05) is 13.7 Å². The Morgan fingerprint density at radius 2 is 2.21 bits per heavy atom. The zero-order valence-corrected chi connectivity index (χ0v) is 12.1. The number of esters is 1. The number of carbonyl (C=O) groups is 1. The Kier molecular flexibility index (Phi) is 6.67. The van der Waals surface area contributed by atoms with Crippen LogP contribution in [0.3, 0.4) is 0 Å². The molecule has 1 unspecified atom stereocenters. The van der Waals surface area contributed by atoms with Crippen LogP contribution in [0.15, 0.2) is 18.2 Å². The quantitative estimate of drug-likeness (QED) is 0.618. The lowest BCUT2D eigenvalue weighted by molar-refractivity contribution is -0.140. The van der Waals surface area contributed by atoms with Crippen LogP contribution in [0.2, 0.25) is 5.02 Å². The Morgan fingerprint density at radius 3 is 2.84 bits per heavy atom. The highest BCUT2D eigenvalue weighted by atomic mass is 35.5. The van der Waals surface area contributed by atoms with Crippen LogP contribution in [0, 0.1) is 0 Å². The number of nitrogens with two attached hydrogens (primary N) is 1. The van der Waals surface area contributed by atoms with E-state index in [0.29, 0.717) is 36.6 Å². The molecule has 0 spiro atoms. The second-order valence-corrected chi connectivity index (χ2v) is 4.84. The summed E-state index contributed by atoms with van der Waals surface area (Å²) < 4.78 is 10.2. The van der Waals surface area contributed by atoms with Gasteiger partial charge >= 0.3 is 5.97 Å².